The molecule has 0 unspecified atom stereocenters. The van der Waals surface area contributed by atoms with Crippen LogP contribution in [0.2, 0.25) is 5.02 Å². The summed E-state index contributed by atoms with van der Waals surface area (Å²) in [4.78, 5) is 25.6. The number of nitrogens with one attached hydrogen (secondary N) is 1. The van der Waals surface area contributed by atoms with Crippen LogP contribution < -0.4 is 15.6 Å². The normalized spacial score (nSPS) is 11.4. The van der Waals surface area contributed by atoms with Crippen LogP contribution in [-0.2, 0) is 17.8 Å². The first-order valence-corrected chi connectivity index (χ1v) is 10.6. The lowest BCUT2D eigenvalue weighted by Crippen LogP contribution is -2.21. The van der Waals surface area contributed by atoms with Crippen molar-refractivity contribution < 1.29 is 22.7 Å². The van der Waals surface area contributed by atoms with E-state index in [0.29, 0.717) is 32.6 Å². The van der Waals surface area contributed by atoms with E-state index in [2.05, 4.69) is 10.1 Å². The van der Waals surface area contributed by atoms with Crippen molar-refractivity contribution in [3.05, 3.63) is 105 Å². The zero-order chi connectivity index (χ0) is 24.3. The minimum absolute atomic E-state index is 0.0845. The Morgan fingerprint density at radius 3 is 2.38 bits per heavy atom. The Labute approximate surface area is 197 Å². The molecule has 1 heterocycles. The fourth-order valence-electron chi connectivity index (χ4n) is 3.55. The number of carbonyl (C=O) groups is 1. The molecule has 0 aliphatic rings. The van der Waals surface area contributed by atoms with Crippen LogP contribution in [0.25, 0.3) is 10.8 Å². The van der Waals surface area contributed by atoms with E-state index in [9.17, 15) is 22.8 Å². The molecule has 0 radical (unpaired) electrons. The van der Waals surface area contributed by atoms with E-state index in [1.54, 1.807) is 54.7 Å². The van der Waals surface area contributed by atoms with Gasteiger partial charge in [-0.05, 0) is 47.5 Å². The van der Waals surface area contributed by atoms with Crippen molar-refractivity contribution in [2.24, 2.45) is 0 Å². The highest BCUT2D eigenvalue weighted by molar-refractivity contribution is 6.31. The zero-order valence-electron chi connectivity index (χ0n) is 17.6. The smallest absolute Gasteiger partial charge is 0.406 e. The number of pyridine rings is 1. The third kappa shape index (κ3) is 5.58. The molecule has 0 bridgehead atoms. The molecular weight excluding hydrogens is 469 g/mol. The summed E-state index contributed by atoms with van der Waals surface area (Å²) in [5, 5.41) is 4.30. The van der Waals surface area contributed by atoms with Crippen LogP contribution in [0.1, 0.15) is 11.1 Å². The van der Waals surface area contributed by atoms with Crippen molar-refractivity contribution in [3.8, 4) is 5.75 Å². The summed E-state index contributed by atoms with van der Waals surface area (Å²) >= 11 is 6.13. The number of rotatable bonds is 6. The fraction of sp³-hybridized carbons (Fsp3) is 0.120. The molecule has 5 nitrogen and oxygen atoms in total. The maximum atomic E-state index is 13.0. The number of fused-ring (bicyclic) bond motifs is 1. The first kappa shape index (κ1) is 23.4. The van der Waals surface area contributed by atoms with Gasteiger partial charge in [0.2, 0.25) is 5.91 Å². The summed E-state index contributed by atoms with van der Waals surface area (Å²) in [6.45, 7) is 0.157. The molecule has 0 saturated heterocycles. The SMILES string of the molecule is O=C(Cc1ccccc1Cl)Nc1cccc2c(=O)n(Cc3ccc(OC(F)(F)F)cc3)ccc12. The molecule has 1 amide bonds. The van der Waals surface area contributed by atoms with Gasteiger partial charge in [0.15, 0.2) is 0 Å². The molecule has 0 atom stereocenters. The molecule has 0 fully saturated rings. The maximum absolute atomic E-state index is 13.0. The Morgan fingerprint density at radius 2 is 1.68 bits per heavy atom. The molecule has 1 N–H and O–H groups in total. The lowest BCUT2D eigenvalue weighted by Gasteiger charge is -2.12. The van der Waals surface area contributed by atoms with Gasteiger partial charge in [0, 0.05) is 27.7 Å². The monoisotopic (exact) mass is 486 g/mol. The molecule has 0 aliphatic carbocycles. The van der Waals surface area contributed by atoms with Gasteiger partial charge in [-0.25, -0.2) is 0 Å². The van der Waals surface area contributed by atoms with E-state index >= 15 is 0 Å². The quantitative estimate of drug-likeness (QED) is 0.375. The van der Waals surface area contributed by atoms with E-state index in [1.165, 1.54) is 28.8 Å². The number of nitrogens with zero attached hydrogens (tertiary/aromatic N) is 1. The van der Waals surface area contributed by atoms with Gasteiger partial charge in [-0.1, -0.05) is 48.0 Å². The summed E-state index contributed by atoms with van der Waals surface area (Å²) < 4.78 is 42.3. The van der Waals surface area contributed by atoms with Crippen molar-refractivity contribution in [3.63, 3.8) is 0 Å². The summed E-state index contributed by atoms with van der Waals surface area (Å²) in [6, 6.07) is 19.1. The van der Waals surface area contributed by atoms with Crippen molar-refractivity contribution in [1.82, 2.24) is 4.57 Å². The molecule has 3 aromatic carbocycles. The molecule has 0 saturated carbocycles. The first-order valence-electron chi connectivity index (χ1n) is 10.2. The Morgan fingerprint density at radius 1 is 0.941 bits per heavy atom. The summed E-state index contributed by atoms with van der Waals surface area (Å²) in [7, 11) is 0. The minimum atomic E-state index is -4.77. The van der Waals surface area contributed by atoms with Gasteiger partial charge in [0.05, 0.1) is 13.0 Å². The fourth-order valence-corrected chi connectivity index (χ4v) is 3.76. The average molecular weight is 487 g/mol. The van der Waals surface area contributed by atoms with Crippen LogP contribution in [0.4, 0.5) is 18.9 Å². The number of hydrogen-bond donors (Lipinski definition) is 1. The molecule has 0 spiro atoms. The van der Waals surface area contributed by atoms with E-state index in [1.807, 2.05) is 0 Å². The maximum Gasteiger partial charge on any atom is 0.573 e. The van der Waals surface area contributed by atoms with E-state index in [0.717, 1.165) is 0 Å². The number of anilines is 1. The number of hydrogen-bond acceptors (Lipinski definition) is 3. The van der Waals surface area contributed by atoms with E-state index < -0.39 is 6.36 Å². The zero-order valence-corrected chi connectivity index (χ0v) is 18.4. The summed E-state index contributed by atoms with van der Waals surface area (Å²) in [6.07, 6.45) is -3.10. The highest BCUT2D eigenvalue weighted by Crippen LogP contribution is 2.24. The van der Waals surface area contributed by atoms with Gasteiger partial charge in [-0.2, -0.15) is 0 Å². The number of aromatic nitrogens is 1. The molecular formula is C25H18ClF3N2O3. The van der Waals surface area contributed by atoms with Crippen molar-refractivity contribution in [2.75, 3.05) is 5.32 Å². The van der Waals surface area contributed by atoms with Gasteiger partial charge in [0.25, 0.3) is 5.56 Å². The highest BCUT2D eigenvalue weighted by Gasteiger charge is 2.30. The Kier molecular flexibility index (Phi) is 6.61. The molecule has 4 rings (SSSR count). The average Bonchev–Trinajstić information content (AvgIpc) is 2.78. The van der Waals surface area contributed by atoms with Gasteiger partial charge in [-0.3, -0.25) is 9.59 Å². The standard InChI is InChI=1S/C25H18ClF3N2O3/c26-21-6-2-1-4-17(21)14-23(32)30-22-7-3-5-20-19(22)12-13-31(24(20)33)15-16-8-10-18(11-9-16)34-25(27,28)29/h1-13H,14-15H2,(H,30,32). The molecule has 34 heavy (non-hydrogen) atoms. The second kappa shape index (κ2) is 9.61. The third-order valence-corrected chi connectivity index (χ3v) is 5.48. The molecule has 9 heteroatoms. The molecule has 4 aromatic rings. The van der Waals surface area contributed by atoms with Gasteiger partial charge < -0.3 is 14.6 Å². The minimum Gasteiger partial charge on any atom is -0.406 e. The summed E-state index contributed by atoms with van der Waals surface area (Å²) in [5.41, 5.74) is 1.51. The van der Waals surface area contributed by atoms with Crippen LogP contribution in [0, 0.1) is 0 Å². The second-order valence-corrected chi connectivity index (χ2v) is 7.93. The Hall–Kier alpha value is -3.78. The summed E-state index contributed by atoms with van der Waals surface area (Å²) in [5.74, 6) is -0.606. The van der Waals surface area contributed by atoms with Crippen molar-refractivity contribution >= 4 is 34.0 Å². The number of benzene rings is 3. The van der Waals surface area contributed by atoms with Crippen LogP contribution in [-0.4, -0.2) is 16.8 Å². The van der Waals surface area contributed by atoms with Crippen LogP contribution in [0.5, 0.6) is 5.75 Å². The van der Waals surface area contributed by atoms with Crippen LogP contribution in [0.15, 0.2) is 83.8 Å². The first-order chi connectivity index (χ1) is 16.2. The van der Waals surface area contributed by atoms with E-state index in [4.69, 9.17) is 11.6 Å². The number of carbonyl (C=O) groups excluding carboxylic acids is 1. The predicted octanol–water partition coefficient (Wildman–Crippen LogP) is 5.78. The third-order valence-electron chi connectivity index (χ3n) is 5.11. The van der Waals surface area contributed by atoms with Crippen molar-refractivity contribution in [2.45, 2.75) is 19.3 Å². The predicted molar refractivity (Wildman–Crippen MR) is 124 cm³/mol. The lowest BCUT2D eigenvalue weighted by molar-refractivity contribution is -0.274. The van der Waals surface area contributed by atoms with Crippen LogP contribution >= 0.6 is 11.6 Å². The van der Waals surface area contributed by atoms with Crippen molar-refractivity contribution in [1.29, 1.82) is 0 Å². The highest BCUT2D eigenvalue weighted by atomic mass is 35.5. The lowest BCUT2D eigenvalue weighted by atomic mass is 10.1. The van der Waals surface area contributed by atoms with Gasteiger partial charge in [0.1, 0.15) is 5.75 Å². The number of amides is 1. The van der Waals surface area contributed by atoms with Gasteiger partial charge in [-0.15, -0.1) is 13.2 Å². The number of alkyl halides is 3. The second-order valence-electron chi connectivity index (χ2n) is 7.52. The number of halogens is 4. The molecule has 0 aliphatic heterocycles. The topological polar surface area (TPSA) is 60.3 Å². The Balaban J connectivity index is 1.54. The number of ether oxygens (including phenoxy) is 1. The molecule has 174 valence electrons. The van der Waals surface area contributed by atoms with E-state index in [-0.39, 0.29) is 30.2 Å². The Bertz CT molecular complexity index is 1400. The van der Waals surface area contributed by atoms with Gasteiger partial charge >= 0.3 is 6.36 Å². The largest absolute Gasteiger partial charge is 0.573 e. The molecule has 1 aromatic heterocycles. The van der Waals surface area contributed by atoms with Crippen LogP contribution in [0.3, 0.4) is 0 Å².